The Morgan fingerprint density at radius 3 is 3.05 bits per heavy atom. The van der Waals surface area contributed by atoms with Crippen LogP contribution in [0.25, 0.3) is 11.0 Å². The van der Waals surface area contributed by atoms with Gasteiger partial charge >= 0.3 is 0 Å². The summed E-state index contributed by atoms with van der Waals surface area (Å²) in [7, 11) is 0. The van der Waals surface area contributed by atoms with Gasteiger partial charge in [-0.05, 0) is 12.5 Å². The normalized spacial score (nSPS) is 12.9. The van der Waals surface area contributed by atoms with Crippen LogP contribution < -0.4 is 5.32 Å². The van der Waals surface area contributed by atoms with Crippen LogP contribution in [0.3, 0.4) is 0 Å². The third-order valence-electron chi connectivity index (χ3n) is 3.26. The molecule has 3 aromatic rings. The number of fused-ring (bicyclic) bond motifs is 1. The predicted molar refractivity (Wildman–Crippen MR) is 78.2 cm³/mol. The molecule has 2 aromatic heterocycles. The van der Waals surface area contributed by atoms with E-state index < -0.39 is 0 Å². The van der Waals surface area contributed by atoms with Gasteiger partial charge < -0.3 is 9.73 Å². The van der Waals surface area contributed by atoms with Crippen LogP contribution in [0.1, 0.15) is 30.0 Å². The molecule has 4 heteroatoms. The maximum absolute atomic E-state index is 5.55. The van der Waals surface area contributed by atoms with Gasteiger partial charge in [0.05, 0.1) is 12.3 Å². The molecule has 0 spiro atoms. The highest BCUT2D eigenvalue weighted by atomic mass is 32.1. The molecule has 1 atom stereocenters. The lowest BCUT2D eigenvalue weighted by atomic mass is 10.1. The Bertz CT molecular complexity index is 645. The molecule has 0 aliphatic carbocycles. The fourth-order valence-corrected chi connectivity index (χ4v) is 3.01. The Balaban J connectivity index is 1.75. The van der Waals surface area contributed by atoms with Crippen molar-refractivity contribution in [2.45, 2.75) is 25.9 Å². The highest BCUT2D eigenvalue weighted by Crippen LogP contribution is 2.23. The summed E-state index contributed by atoms with van der Waals surface area (Å²) in [5.41, 5.74) is 2.15. The van der Waals surface area contributed by atoms with Gasteiger partial charge in [0.2, 0.25) is 0 Å². The number of aromatic nitrogens is 1. The summed E-state index contributed by atoms with van der Waals surface area (Å²) in [6, 6.07) is 8.44. The molecule has 0 amide bonds. The predicted octanol–water partition coefficient (Wildman–Crippen LogP) is 4.13. The van der Waals surface area contributed by atoms with Crippen molar-refractivity contribution >= 4 is 22.3 Å². The Labute approximate surface area is 116 Å². The van der Waals surface area contributed by atoms with Crippen molar-refractivity contribution in [2.75, 3.05) is 0 Å². The molecule has 98 valence electrons. The molecule has 0 aliphatic rings. The van der Waals surface area contributed by atoms with E-state index in [1.165, 1.54) is 10.9 Å². The zero-order chi connectivity index (χ0) is 13.1. The molecule has 19 heavy (non-hydrogen) atoms. The third-order valence-corrected chi connectivity index (χ3v) is 4.15. The number of nitrogens with zero attached hydrogens (tertiary/aromatic N) is 1. The summed E-state index contributed by atoms with van der Waals surface area (Å²) >= 11 is 1.70. The molecule has 0 fully saturated rings. The number of rotatable bonds is 5. The van der Waals surface area contributed by atoms with Crippen LogP contribution >= 0.6 is 11.3 Å². The van der Waals surface area contributed by atoms with Crippen LogP contribution in [0.15, 0.2) is 46.5 Å². The maximum Gasteiger partial charge on any atom is 0.134 e. The van der Waals surface area contributed by atoms with Gasteiger partial charge in [-0.3, -0.25) is 0 Å². The second-order valence-corrected chi connectivity index (χ2v) is 5.40. The van der Waals surface area contributed by atoms with Crippen LogP contribution in [0.4, 0.5) is 0 Å². The number of benzene rings is 1. The van der Waals surface area contributed by atoms with E-state index in [0.717, 1.165) is 23.6 Å². The van der Waals surface area contributed by atoms with Crippen molar-refractivity contribution in [3.05, 3.63) is 52.7 Å². The average Bonchev–Trinajstić information content (AvgIpc) is 3.09. The molecule has 1 unspecified atom stereocenters. The smallest absolute Gasteiger partial charge is 0.134 e. The van der Waals surface area contributed by atoms with Crippen LogP contribution in [-0.2, 0) is 6.54 Å². The summed E-state index contributed by atoms with van der Waals surface area (Å²) in [4.78, 5) is 4.38. The van der Waals surface area contributed by atoms with Crippen LogP contribution in [0.5, 0.6) is 0 Å². The van der Waals surface area contributed by atoms with Gasteiger partial charge in [-0.25, -0.2) is 4.98 Å². The van der Waals surface area contributed by atoms with E-state index in [1.807, 2.05) is 36.0 Å². The lowest BCUT2D eigenvalue weighted by molar-refractivity contribution is 0.513. The largest absolute Gasteiger partial charge is 0.464 e. The molecule has 0 aliphatic heterocycles. The summed E-state index contributed by atoms with van der Waals surface area (Å²) in [6.45, 7) is 2.97. The summed E-state index contributed by atoms with van der Waals surface area (Å²) in [5, 5.41) is 7.91. The quantitative estimate of drug-likeness (QED) is 0.759. The first-order valence-corrected chi connectivity index (χ1v) is 7.34. The van der Waals surface area contributed by atoms with Gasteiger partial charge in [-0.15, -0.1) is 11.3 Å². The topological polar surface area (TPSA) is 38.1 Å². The molecular weight excluding hydrogens is 256 g/mol. The van der Waals surface area contributed by atoms with E-state index in [9.17, 15) is 0 Å². The third kappa shape index (κ3) is 2.55. The van der Waals surface area contributed by atoms with Gasteiger partial charge in [-0.2, -0.15) is 0 Å². The Hall–Kier alpha value is -1.65. The molecular formula is C15H16N2OS. The van der Waals surface area contributed by atoms with E-state index >= 15 is 0 Å². The number of thiazole rings is 1. The lowest BCUT2D eigenvalue weighted by Gasteiger charge is -2.13. The van der Waals surface area contributed by atoms with Crippen molar-refractivity contribution in [3.63, 3.8) is 0 Å². The number of nitrogens with one attached hydrogen (secondary N) is 1. The minimum atomic E-state index is 0.314. The summed E-state index contributed by atoms with van der Waals surface area (Å²) < 4.78 is 5.55. The van der Waals surface area contributed by atoms with Crippen molar-refractivity contribution in [1.29, 1.82) is 0 Å². The second kappa shape index (κ2) is 5.55. The molecule has 0 radical (unpaired) electrons. The SMILES string of the molecule is CCC(NCc1coc2ccccc12)c1nccs1. The maximum atomic E-state index is 5.55. The Kier molecular flexibility index (Phi) is 3.62. The van der Waals surface area contributed by atoms with Crippen molar-refractivity contribution in [2.24, 2.45) is 0 Å². The first-order chi connectivity index (χ1) is 9.38. The fraction of sp³-hybridized carbons (Fsp3) is 0.267. The second-order valence-electron chi connectivity index (χ2n) is 4.47. The summed E-state index contributed by atoms with van der Waals surface area (Å²) in [5.74, 6) is 0. The number of para-hydroxylation sites is 1. The minimum absolute atomic E-state index is 0.314. The Morgan fingerprint density at radius 1 is 1.37 bits per heavy atom. The van der Waals surface area contributed by atoms with E-state index in [-0.39, 0.29) is 0 Å². The van der Waals surface area contributed by atoms with E-state index in [0.29, 0.717) is 6.04 Å². The van der Waals surface area contributed by atoms with Gasteiger partial charge in [0, 0.05) is 29.1 Å². The van der Waals surface area contributed by atoms with Gasteiger partial charge in [0.25, 0.3) is 0 Å². The van der Waals surface area contributed by atoms with Crippen LogP contribution in [0, 0.1) is 0 Å². The van der Waals surface area contributed by atoms with E-state index in [4.69, 9.17) is 4.42 Å². The number of hydrogen-bond donors (Lipinski definition) is 1. The first-order valence-electron chi connectivity index (χ1n) is 6.46. The lowest BCUT2D eigenvalue weighted by Crippen LogP contribution is -2.19. The highest BCUT2D eigenvalue weighted by Gasteiger charge is 2.12. The molecule has 3 rings (SSSR count). The van der Waals surface area contributed by atoms with Gasteiger partial charge in [0.15, 0.2) is 0 Å². The molecule has 1 N–H and O–H groups in total. The van der Waals surface area contributed by atoms with Crippen molar-refractivity contribution in [3.8, 4) is 0 Å². The Morgan fingerprint density at radius 2 is 2.26 bits per heavy atom. The number of furan rings is 1. The van der Waals surface area contributed by atoms with Crippen LogP contribution in [0.2, 0.25) is 0 Å². The standard InChI is InChI=1S/C15H16N2OS/c1-2-13(15-16-7-8-19-15)17-9-11-10-18-14-6-4-3-5-12(11)14/h3-8,10,13,17H,2,9H2,1H3. The van der Waals surface area contributed by atoms with Gasteiger partial charge in [-0.1, -0.05) is 25.1 Å². The fourth-order valence-electron chi connectivity index (χ4n) is 2.22. The average molecular weight is 272 g/mol. The van der Waals surface area contributed by atoms with Crippen molar-refractivity contribution in [1.82, 2.24) is 10.3 Å². The zero-order valence-corrected chi connectivity index (χ0v) is 11.6. The minimum Gasteiger partial charge on any atom is -0.464 e. The van der Waals surface area contributed by atoms with Gasteiger partial charge in [0.1, 0.15) is 10.6 Å². The highest BCUT2D eigenvalue weighted by molar-refractivity contribution is 7.09. The molecule has 1 aromatic carbocycles. The monoisotopic (exact) mass is 272 g/mol. The first kappa shape index (κ1) is 12.4. The number of hydrogen-bond acceptors (Lipinski definition) is 4. The van der Waals surface area contributed by atoms with Crippen molar-refractivity contribution < 1.29 is 4.42 Å². The molecule has 2 heterocycles. The molecule has 3 nitrogen and oxygen atoms in total. The molecule has 0 saturated heterocycles. The molecule has 0 saturated carbocycles. The van der Waals surface area contributed by atoms with E-state index in [1.54, 1.807) is 11.3 Å². The molecule has 0 bridgehead atoms. The zero-order valence-electron chi connectivity index (χ0n) is 10.8. The van der Waals surface area contributed by atoms with E-state index in [2.05, 4.69) is 23.3 Å². The summed E-state index contributed by atoms with van der Waals surface area (Å²) in [6.07, 6.45) is 4.73. The van der Waals surface area contributed by atoms with Crippen LogP contribution in [-0.4, -0.2) is 4.98 Å².